The Kier molecular flexibility index (Phi) is 4.90. The van der Waals surface area contributed by atoms with E-state index in [-0.39, 0.29) is 12.1 Å². The molecule has 32 heavy (non-hydrogen) atoms. The van der Waals surface area contributed by atoms with E-state index in [1.54, 1.807) is 0 Å². The number of rotatable bonds is 5. The van der Waals surface area contributed by atoms with Gasteiger partial charge in [-0.3, -0.25) is 0 Å². The highest BCUT2D eigenvalue weighted by Crippen LogP contribution is 3.02. The summed E-state index contributed by atoms with van der Waals surface area (Å²) in [7, 11) is -7.27. The molecule has 1 aliphatic carbocycles. The molecule has 5 nitrogen and oxygen atoms in total. The summed E-state index contributed by atoms with van der Waals surface area (Å²) in [5.41, 5.74) is -5.83. The first-order valence-corrected chi connectivity index (χ1v) is 11.0. The molecule has 0 aliphatic heterocycles. The quantitative estimate of drug-likeness (QED) is 0.236. The van der Waals surface area contributed by atoms with Crippen LogP contribution in [0.1, 0.15) is 17.7 Å². The van der Waals surface area contributed by atoms with E-state index in [1.807, 2.05) is 0 Å². The SMILES string of the molecule is CN(C)C=Nc1c(C2(F)CC2(F)F)c(C#N)nn1-c1c(Cl)cc(S(F)(F)(F)(F)F)cc1Cl. The van der Waals surface area contributed by atoms with E-state index in [2.05, 4.69) is 10.1 Å². The Morgan fingerprint density at radius 1 is 1.16 bits per heavy atom. The molecule has 0 radical (unpaired) electrons. The minimum absolute atomic E-state index is 0.131. The maximum absolute atomic E-state index is 14.9. The summed E-state index contributed by atoms with van der Waals surface area (Å²) in [6.45, 7) is 0. The lowest BCUT2D eigenvalue weighted by atomic mass is 10.1. The maximum Gasteiger partial charge on any atom is 0.310 e. The zero-order valence-corrected chi connectivity index (χ0v) is 18.2. The van der Waals surface area contributed by atoms with Crippen LogP contribution < -0.4 is 0 Å². The third-order valence-corrected chi connectivity index (χ3v) is 6.04. The van der Waals surface area contributed by atoms with Gasteiger partial charge in [0.2, 0.25) is 5.67 Å². The zero-order chi connectivity index (χ0) is 24.6. The van der Waals surface area contributed by atoms with Crippen molar-refractivity contribution in [1.29, 1.82) is 5.26 Å². The first kappa shape index (κ1) is 24.4. The number of aliphatic imine (C=N–C) groups is 1. The van der Waals surface area contributed by atoms with Gasteiger partial charge in [0.1, 0.15) is 16.7 Å². The first-order valence-electron chi connectivity index (χ1n) is 8.26. The standard InChI is InChI=1S/C16H11Cl2F8N5S/c1-30(2)7-28-14-12(15(19)6-16(15,20)21)11(5-27)29-31(14)13-9(17)3-8(4-10(13)18)32(22,23,24,25)26/h3-4,7H,6H2,1-2H3. The maximum atomic E-state index is 14.9. The van der Waals surface area contributed by atoms with Crippen molar-refractivity contribution in [3.63, 3.8) is 0 Å². The number of benzene rings is 1. The van der Waals surface area contributed by atoms with Crippen molar-refractivity contribution in [3.8, 4) is 11.8 Å². The fraction of sp³-hybridized carbons (Fsp3) is 0.312. The van der Waals surface area contributed by atoms with Crippen LogP contribution in [0.4, 0.5) is 38.4 Å². The van der Waals surface area contributed by atoms with Gasteiger partial charge in [-0.15, -0.1) is 0 Å². The van der Waals surface area contributed by atoms with Crippen LogP contribution >= 0.6 is 33.4 Å². The third kappa shape index (κ3) is 4.08. The van der Waals surface area contributed by atoms with Gasteiger partial charge in [-0.05, 0) is 12.1 Å². The molecule has 1 unspecified atom stereocenters. The Balaban J connectivity index is 2.35. The lowest BCUT2D eigenvalue weighted by Gasteiger charge is -2.40. The van der Waals surface area contributed by atoms with Crippen LogP contribution in [0.15, 0.2) is 22.0 Å². The van der Waals surface area contributed by atoms with E-state index < -0.39 is 65.9 Å². The van der Waals surface area contributed by atoms with Gasteiger partial charge in [0.05, 0.1) is 28.4 Å². The van der Waals surface area contributed by atoms with Crippen LogP contribution in [0.3, 0.4) is 0 Å². The molecule has 0 bridgehead atoms. The summed E-state index contributed by atoms with van der Waals surface area (Å²) >= 11 is 11.6. The number of alkyl halides is 3. The molecule has 0 amide bonds. The Morgan fingerprint density at radius 2 is 1.66 bits per heavy atom. The van der Waals surface area contributed by atoms with Gasteiger partial charge in [-0.1, -0.05) is 42.6 Å². The molecule has 1 aromatic carbocycles. The van der Waals surface area contributed by atoms with Gasteiger partial charge in [0.25, 0.3) is 5.92 Å². The van der Waals surface area contributed by atoms with Gasteiger partial charge >= 0.3 is 10.2 Å². The number of hydrogen-bond donors (Lipinski definition) is 0. The van der Waals surface area contributed by atoms with Crippen LogP contribution in [0.25, 0.3) is 5.69 Å². The number of halogens is 10. The highest BCUT2D eigenvalue weighted by molar-refractivity contribution is 8.45. The number of nitrogens with zero attached hydrogens (tertiary/aromatic N) is 5. The second kappa shape index (κ2) is 6.42. The van der Waals surface area contributed by atoms with E-state index in [0.717, 1.165) is 6.34 Å². The Bertz CT molecular complexity index is 1180. The van der Waals surface area contributed by atoms with Crippen molar-refractivity contribution in [2.24, 2.45) is 4.99 Å². The van der Waals surface area contributed by atoms with Crippen LogP contribution in [0, 0.1) is 11.3 Å². The smallest absolute Gasteiger partial charge is 0.310 e. The average molecular weight is 528 g/mol. The van der Waals surface area contributed by atoms with Gasteiger partial charge in [0.15, 0.2) is 11.5 Å². The van der Waals surface area contributed by atoms with E-state index in [0.29, 0.717) is 4.68 Å². The van der Waals surface area contributed by atoms with Gasteiger partial charge < -0.3 is 4.90 Å². The summed E-state index contributed by atoms with van der Waals surface area (Å²) in [6, 6.07) is 1.15. The van der Waals surface area contributed by atoms with Crippen molar-refractivity contribution in [3.05, 3.63) is 33.4 Å². The molecule has 0 spiro atoms. The van der Waals surface area contributed by atoms with Crippen molar-refractivity contribution in [2.75, 3.05) is 14.1 Å². The lowest BCUT2D eigenvalue weighted by molar-refractivity contribution is 0.0422. The monoisotopic (exact) mass is 527 g/mol. The van der Waals surface area contributed by atoms with E-state index in [9.17, 15) is 37.9 Å². The molecule has 1 atom stereocenters. The second-order valence-corrected chi connectivity index (χ2v) is 10.4. The Morgan fingerprint density at radius 3 is 2.03 bits per heavy atom. The van der Waals surface area contributed by atoms with E-state index in [4.69, 9.17) is 23.2 Å². The van der Waals surface area contributed by atoms with Crippen LogP contribution in [-0.4, -0.2) is 41.0 Å². The number of aromatic nitrogens is 2. The van der Waals surface area contributed by atoms with Gasteiger partial charge in [-0.25, -0.2) is 22.8 Å². The molecule has 1 saturated carbocycles. The summed E-state index contributed by atoms with van der Waals surface area (Å²) in [6.07, 6.45) is -0.289. The zero-order valence-electron chi connectivity index (χ0n) is 15.9. The second-order valence-electron chi connectivity index (χ2n) is 7.17. The molecule has 2 aromatic rings. The highest BCUT2D eigenvalue weighted by Gasteiger charge is 2.76. The van der Waals surface area contributed by atoms with Crippen molar-refractivity contribution in [1.82, 2.24) is 14.7 Å². The Hall–Kier alpha value is -2.24. The molecule has 0 N–H and O–H groups in total. The van der Waals surface area contributed by atoms with Crippen LogP contribution in [-0.2, 0) is 5.67 Å². The molecular weight excluding hydrogens is 517 g/mol. The molecule has 16 heteroatoms. The van der Waals surface area contributed by atoms with Crippen LogP contribution in [0.5, 0.6) is 0 Å². The molecule has 176 valence electrons. The molecule has 1 heterocycles. The largest absolute Gasteiger partial charge is 0.369 e. The minimum Gasteiger partial charge on any atom is -0.369 e. The summed E-state index contributed by atoms with van der Waals surface area (Å²) in [4.78, 5) is 2.68. The first-order chi connectivity index (χ1) is 14.2. The molecule has 3 rings (SSSR count). The van der Waals surface area contributed by atoms with Gasteiger partial charge in [0, 0.05) is 14.1 Å². The van der Waals surface area contributed by atoms with Crippen molar-refractivity contribution >= 4 is 45.6 Å². The van der Waals surface area contributed by atoms with E-state index in [1.165, 1.54) is 25.1 Å². The average Bonchev–Trinajstić information content (AvgIpc) is 2.94. The minimum atomic E-state index is -10.2. The lowest BCUT2D eigenvalue weighted by Crippen LogP contribution is -2.12. The number of hydrogen-bond acceptors (Lipinski definition) is 3. The topological polar surface area (TPSA) is 57.2 Å². The predicted octanol–water partition coefficient (Wildman–Crippen LogP) is 7.13. The summed E-state index contributed by atoms with van der Waals surface area (Å²) in [5, 5.41) is 10.9. The Labute approximate surface area is 185 Å². The predicted molar refractivity (Wildman–Crippen MR) is 104 cm³/mol. The molecule has 1 aliphatic rings. The molecule has 1 aromatic heterocycles. The van der Waals surface area contributed by atoms with Gasteiger partial charge in [-0.2, -0.15) is 10.4 Å². The molecule has 0 saturated heterocycles. The summed E-state index contributed by atoms with van der Waals surface area (Å²) in [5.74, 6) is -4.59. The molecular formula is C16H11Cl2F8N5S. The number of nitriles is 1. The fourth-order valence-corrected chi connectivity index (χ4v) is 4.26. The normalized spacial score (nSPS) is 22.3. The van der Waals surface area contributed by atoms with Crippen molar-refractivity contribution in [2.45, 2.75) is 22.9 Å². The van der Waals surface area contributed by atoms with E-state index >= 15 is 0 Å². The fourth-order valence-electron chi connectivity index (χ4n) is 2.80. The molecule has 1 fully saturated rings. The summed E-state index contributed by atoms with van der Waals surface area (Å²) < 4.78 is 109. The van der Waals surface area contributed by atoms with Crippen LogP contribution in [0.2, 0.25) is 10.0 Å². The van der Waals surface area contributed by atoms with Crippen molar-refractivity contribution < 1.29 is 32.6 Å². The third-order valence-electron chi connectivity index (χ3n) is 4.34. The highest BCUT2D eigenvalue weighted by atomic mass is 35.5.